The maximum Gasteiger partial charge on any atom is 0.341 e. The van der Waals surface area contributed by atoms with Crippen LogP contribution in [0.3, 0.4) is 0 Å². The molecule has 3 aromatic carbocycles. The summed E-state index contributed by atoms with van der Waals surface area (Å²) < 4.78 is 31.4. The number of benzene rings is 3. The average molecular weight is 410 g/mol. The number of esters is 1. The molecule has 0 saturated heterocycles. The Labute approximate surface area is 170 Å². The quantitative estimate of drug-likeness (QED) is 0.602. The van der Waals surface area contributed by atoms with Crippen LogP contribution in [0.1, 0.15) is 20.7 Å². The summed E-state index contributed by atoms with van der Waals surface area (Å²) in [6.07, 6.45) is 0. The summed E-state index contributed by atoms with van der Waals surface area (Å²) in [5.41, 5.74) is 0.422. The van der Waals surface area contributed by atoms with E-state index in [0.29, 0.717) is 5.69 Å². The monoisotopic (exact) mass is 410 g/mol. The lowest BCUT2D eigenvalue weighted by Crippen LogP contribution is -2.23. The molecule has 30 heavy (non-hydrogen) atoms. The van der Waals surface area contributed by atoms with E-state index in [0.717, 1.165) is 6.07 Å². The van der Waals surface area contributed by atoms with Gasteiger partial charge in [0.1, 0.15) is 11.6 Å². The van der Waals surface area contributed by atoms with Crippen LogP contribution in [0.15, 0.2) is 72.8 Å². The van der Waals surface area contributed by atoms with Gasteiger partial charge in [-0.05, 0) is 48.5 Å². The van der Waals surface area contributed by atoms with E-state index >= 15 is 0 Å². The smallest absolute Gasteiger partial charge is 0.341 e. The first-order valence-electron chi connectivity index (χ1n) is 8.81. The summed E-state index contributed by atoms with van der Waals surface area (Å²) >= 11 is 0. The summed E-state index contributed by atoms with van der Waals surface area (Å²) in [5, 5.41) is 5.07. The zero-order valence-electron chi connectivity index (χ0n) is 15.5. The second-order valence-corrected chi connectivity index (χ2v) is 6.11. The summed E-state index contributed by atoms with van der Waals surface area (Å²) in [7, 11) is 0. The van der Waals surface area contributed by atoms with Crippen LogP contribution >= 0.6 is 0 Å². The molecule has 0 aromatic heterocycles. The topological polar surface area (TPSA) is 84.5 Å². The fraction of sp³-hybridized carbons (Fsp3) is 0.0455. The first kappa shape index (κ1) is 20.7. The number of hydrogen-bond donors (Lipinski definition) is 2. The number of carbonyl (C=O) groups is 3. The summed E-state index contributed by atoms with van der Waals surface area (Å²) in [4.78, 5) is 36.5. The number of rotatable bonds is 6. The van der Waals surface area contributed by atoms with Crippen molar-refractivity contribution in [2.45, 2.75) is 0 Å². The fourth-order valence-corrected chi connectivity index (χ4v) is 2.54. The maximum atomic E-state index is 13.6. The van der Waals surface area contributed by atoms with E-state index < -0.39 is 36.0 Å². The van der Waals surface area contributed by atoms with Crippen molar-refractivity contribution < 1.29 is 27.9 Å². The highest BCUT2D eigenvalue weighted by Crippen LogP contribution is 2.18. The molecule has 0 aliphatic heterocycles. The molecule has 0 radical (unpaired) electrons. The Morgan fingerprint density at radius 3 is 2.10 bits per heavy atom. The number of para-hydroxylation sites is 1. The minimum atomic E-state index is -0.981. The predicted molar refractivity (Wildman–Crippen MR) is 106 cm³/mol. The predicted octanol–water partition coefficient (Wildman–Crippen LogP) is 4.01. The van der Waals surface area contributed by atoms with Gasteiger partial charge in [0.05, 0.1) is 16.8 Å². The zero-order chi connectivity index (χ0) is 21.5. The molecule has 2 amide bonds. The second-order valence-electron chi connectivity index (χ2n) is 6.11. The number of carbonyl (C=O) groups excluding carboxylic acids is 3. The summed E-state index contributed by atoms with van der Waals surface area (Å²) in [6, 6.07) is 16.6. The molecule has 0 spiro atoms. The van der Waals surface area contributed by atoms with Crippen LogP contribution in [0.2, 0.25) is 0 Å². The van der Waals surface area contributed by atoms with Crippen LogP contribution in [-0.2, 0) is 9.53 Å². The van der Waals surface area contributed by atoms with Crippen molar-refractivity contribution in [2.75, 3.05) is 17.2 Å². The highest BCUT2D eigenvalue weighted by Gasteiger charge is 2.16. The second kappa shape index (κ2) is 9.42. The minimum Gasteiger partial charge on any atom is -0.452 e. The van der Waals surface area contributed by atoms with E-state index in [-0.39, 0.29) is 16.8 Å². The van der Waals surface area contributed by atoms with Gasteiger partial charge in [-0.2, -0.15) is 0 Å². The molecule has 152 valence electrons. The molecule has 0 saturated carbocycles. The third-order valence-corrected chi connectivity index (χ3v) is 3.98. The lowest BCUT2D eigenvalue weighted by Gasteiger charge is -2.12. The highest BCUT2D eigenvalue weighted by atomic mass is 19.1. The van der Waals surface area contributed by atoms with Crippen molar-refractivity contribution in [2.24, 2.45) is 0 Å². The fourth-order valence-electron chi connectivity index (χ4n) is 2.54. The van der Waals surface area contributed by atoms with Crippen molar-refractivity contribution in [3.05, 3.63) is 95.6 Å². The molecule has 0 atom stereocenters. The molecule has 0 bridgehead atoms. The summed E-state index contributed by atoms with van der Waals surface area (Å²) in [5.74, 6) is -3.41. The van der Waals surface area contributed by atoms with Gasteiger partial charge in [-0.3, -0.25) is 9.59 Å². The Morgan fingerprint density at radius 2 is 1.40 bits per heavy atom. The standard InChI is InChI=1S/C22H16F2N2O4/c23-14-9-11-15(12-10-14)25-21(28)17-6-2-4-8-19(17)26-20(27)13-30-22(29)16-5-1-3-7-18(16)24/h1-12H,13H2,(H,25,28)(H,26,27). The molecule has 3 aromatic rings. The molecule has 2 N–H and O–H groups in total. The highest BCUT2D eigenvalue weighted by molar-refractivity contribution is 6.10. The van der Waals surface area contributed by atoms with Crippen LogP contribution in [0.25, 0.3) is 0 Å². The number of ether oxygens (including phenoxy) is 1. The molecular weight excluding hydrogens is 394 g/mol. The molecular formula is C22H16F2N2O4. The molecule has 0 aliphatic rings. The molecule has 0 heterocycles. The third-order valence-electron chi connectivity index (χ3n) is 3.98. The maximum absolute atomic E-state index is 13.6. The van der Waals surface area contributed by atoms with Crippen LogP contribution in [0.4, 0.5) is 20.2 Å². The normalized spacial score (nSPS) is 10.2. The van der Waals surface area contributed by atoms with E-state index in [1.165, 1.54) is 54.6 Å². The molecule has 0 fully saturated rings. The number of nitrogens with one attached hydrogen (secondary N) is 2. The van der Waals surface area contributed by atoms with Gasteiger partial charge >= 0.3 is 5.97 Å². The van der Waals surface area contributed by atoms with E-state index in [9.17, 15) is 23.2 Å². The molecule has 8 heteroatoms. The Hall–Kier alpha value is -4.07. The van der Waals surface area contributed by atoms with Crippen molar-refractivity contribution in [1.29, 1.82) is 0 Å². The van der Waals surface area contributed by atoms with E-state index in [1.54, 1.807) is 12.1 Å². The Kier molecular flexibility index (Phi) is 6.49. The van der Waals surface area contributed by atoms with Gasteiger partial charge < -0.3 is 15.4 Å². The molecule has 3 rings (SSSR count). The van der Waals surface area contributed by atoms with Crippen LogP contribution < -0.4 is 10.6 Å². The molecule has 0 aliphatic carbocycles. The molecule has 6 nitrogen and oxygen atoms in total. The van der Waals surface area contributed by atoms with Crippen LogP contribution in [0, 0.1) is 11.6 Å². The minimum absolute atomic E-state index is 0.149. The number of halogens is 2. The van der Waals surface area contributed by atoms with Gasteiger partial charge in [0, 0.05) is 5.69 Å². The summed E-state index contributed by atoms with van der Waals surface area (Å²) in [6.45, 7) is -0.666. The van der Waals surface area contributed by atoms with Crippen molar-refractivity contribution in [1.82, 2.24) is 0 Å². The lowest BCUT2D eigenvalue weighted by atomic mass is 10.1. The van der Waals surface area contributed by atoms with Gasteiger partial charge in [-0.25, -0.2) is 13.6 Å². The van der Waals surface area contributed by atoms with Crippen LogP contribution in [0.5, 0.6) is 0 Å². The Morgan fingerprint density at radius 1 is 0.767 bits per heavy atom. The largest absolute Gasteiger partial charge is 0.452 e. The first-order chi connectivity index (χ1) is 14.4. The Bertz CT molecular complexity index is 1080. The number of anilines is 2. The van der Waals surface area contributed by atoms with E-state index in [4.69, 9.17) is 4.74 Å². The number of amides is 2. The third kappa shape index (κ3) is 5.26. The van der Waals surface area contributed by atoms with Crippen molar-refractivity contribution in [3.63, 3.8) is 0 Å². The average Bonchev–Trinajstić information content (AvgIpc) is 2.74. The van der Waals surface area contributed by atoms with Gasteiger partial charge in [0.25, 0.3) is 11.8 Å². The lowest BCUT2D eigenvalue weighted by molar-refractivity contribution is -0.119. The van der Waals surface area contributed by atoms with Crippen molar-refractivity contribution >= 4 is 29.2 Å². The van der Waals surface area contributed by atoms with Crippen LogP contribution in [-0.4, -0.2) is 24.4 Å². The van der Waals surface area contributed by atoms with Crippen molar-refractivity contribution in [3.8, 4) is 0 Å². The zero-order valence-corrected chi connectivity index (χ0v) is 15.5. The van der Waals surface area contributed by atoms with E-state index in [1.807, 2.05) is 0 Å². The van der Waals surface area contributed by atoms with Gasteiger partial charge in [-0.15, -0.1) is 0 Å². The first-order valence-corrected chi connectivity index (χ1v) is 8.81. The SMILES string of the molecule is O=C(COC(=O)c1ccccc1F)Nc1ccccc1C(=O)Nc1ccc(F)cc1. The van der Waals surface area contributed by atoms with Gasteiger partial charge in [0.2, 0.25) is 0 Å². The Balaban J connectivity index is 1.63. The van der Waals surface area contributed by atoms with Gasteiger partial charge in [0.15, 0.2) is 6.61 Å². The van der Waals surface area contributed by atoms with E-state index in [2.05, 4.69) is 10.6 Å². The number of hydrogen-bond acceptors (Lipinski definition) is 4. The van der Waals surface area contributed by atoms with Gasteiger partial charge in [-0.1, -0.05) is 24.3 Å². The molecule has 0 unspecified atom stereocenters.